The van der Waals surface area contributed by atoms with Gasteiger partial charge in [-0.1, -0.05) is 15.9 Å². The number of hydrogen-bond donors (Lipinski definition) is 4. The van der Waals surface area contributed by atoms with Crippen LogP contribution in [0.25, 0.3) is 0 Å². The minimum absolute atomic E-state index is 0.0156. The molecule has 6 nitrogen and oxygen atoms in total. The lowest BCUT2D eigenvalue weighted by Gasteiger charge is -2.14. The first kappa shape index (κ1) is 15.4. The van der Waals surface area contributed by atoms with Gasteiger partial charge >= 0.3 is 5.97 Å². The molecular weight excluding hydrogens is 396 g/mol. The number of carbonyl (C=O) groups excluding carboxylic acids is 1. The van der Waals surface area contributed by atoms with Crippen LogP contribution in [0.5, 0.6) is 0 Å². The van der Waals surface area contributed by atoms with E-state index in [-0.39, 0.29) is 17.2 Å². The van der Waals surface area contributed by atoms with Gasteiger partial charge < -0.3 is 20.8 Å². The van der Waals surface area contributed by atoms with E-state index in [0.717, 1.165) is 0 Å². The number of aliphatic hydroxyl groups is 1. The number of anilines is 1. The Morgan fingerprint density at radius 3 is 2.60 bits per heavy atom. The highest BCUT2D eigenvalue weighted by atomic mass is 79.9. The molecule has 20 heavy (non-hydrogen) atoms. The average molecular weight is 408 g/mol. The van der Waals surface area contributed by atoms with Crippen LogP contribution < -0.4 is 10.6 Å². The summed E-state index contributed by atoms with van der Waals surface area (Å²) in [6, 6.07) is 2.54. The van der Waals surface area contributed by atoms with Gasteiger partial charge in [0.2, 0.25) is 5.91 Å². The maximum absolute atomic E-state index is 12.1. The van der Waals surface area contributed by atoms with Crippen LogP contribution in [-0.2, 0) is 4.79 Å². The number of aromatic carboxylic acids is 1. The van der Waals surface area contributed by atoms with E-state index in [0.29, 0.717) is 21.9 Å². The Hall–Kier alpha value is -0.960. The molecule has 2 rings (SSSR count). The molecule has 0 spiro atoms. The molecule has 1 saturated heterocycles. The number of β-amino-alcohol motifs (C(OH)–C–C–N with tert-alkyl or cyclic N) is 1. The molecule has 4 N–H and O–H groups in total. The molecule has 1 heterocycles. The number of carboxylic acid groups (broad SMARTS) is 1. The SMILES string of the molecule is O=C(O)c1cc(Br)cc(Br)c1NC(=O)C1CC(O)CN1. The molecule has 0 radical (unpaired) electrons. The van der Waals surface area contributed by atoms with Gasteiger partial charge in [-0.2, -0.15) is 0 Å². The maximum atomic E-state index is 12.1. The van der Waals surface area contributed by atoms with Crippen molar-refractivity contribution in [1.82, 2.24) is 5.32 Å². The minimum Gasteiger partial charge on any atom is -0.478 e. The Kier molecular flexibility index (Phi) is 4.79. The molecule has 108 valence electrons. The van der Waals surface area contributed by atoms with Gasteiger partial charge in [0.1, 0.15) is 0 Å². The Labute approximate surface area is 131 Å². The number of benzene rings is 1. The fourth-order valence-corrected chi connectivity index (χ4v) is 3.32. The molecule has 0 saturated carbocycles. The van der Waals surface area contributed by atoms with E-state index < -0.39 is 18.1 Å². The lowest BCUT2D eigenvalue weighted by Crippen LogP contribution is -2.36. The lowest BCUT2D eigenvalue weighted by molar-refractivity contribution is -0.117. The predicted octanol–water partition coefficient (Wildman–Crippen LogP) is 1.57. The highest BCUT2D eigenvalue weighted by Gasteiger charge is 2.29. The van der Waals surface area contributed by atoms with Crippen molar-refractivity contribution in [3.05, 3.63) is 26.6 Å². The summed E-state index contributed by atoms with van der Waals surface area (Å²) in [7, 11) is 0. The van der Waals surface area contributed by atoms with Gasteiger partial charge in [0, 0.05) is 15.5 Å². The maximum Gasteiger partial charge on any atom is 0.337 e. The lowest BCUT2D eigenvalue weighted by atomic mass is 10.1. The normalized spacial score (nSPS) is 21.8. The van der Waals surface area contributed by atoms with Crippen molar-refractivity contribution in [3.63, 3.8) is 0 Å². The largest absolute Gasteiger partial charge is 0.478 e. The molecule has 1 amide bonds. The van der Waals surface area contributed by atoms with Gasteiger partial charge in [-0.05, 0) is 34.5 Å². The van der Waals surface area contributed by atoms with Gasteiger partial charge in [-0.25, -0.2) is 4.79 Å². The molecule has 0 bridgehead atoms. The number of halogens is 2. The predicted molar refractivity (Wildman–Crippen MR) is 79.8 cm³/mol. The first-order valence-electron chi connectivity index (χ1n) is 5.83. The summed E-state index contributed by atoms with van der Waals surface area (Å²) in [5, 5.41) is 24.0. The third-order valence-electron chi connectivity index (χ3n) is 2.96. The van der Waals surface area contributed by atoms with Crippen LogP contribution in [0.3, 0.4) is 0 Å². The zero-order valence-electron chi connectivity index (χ0n) is 10.2. The summed E-state index contributed by atoms with van der Waals surface area (Å²) in [5.41, 5.74) is 0.187. The van der Waals surface area contributed by atoms with E-state index in [1.807, 2.05) is 0 Å². The van der Waals surface area contributed by atoms with Gasteiger partial charge in [-0.15, -0.1) is 0 Å². The molecule has 0 aliphatic carbocycles. The number of nitrogens with one attached hydrogen (secondary N) is 2. The summed E-state index contributed by atoms with van der Waals surface area (Å²) in [4.78, 5) is 23.3. The van der Waals surface area contributed by atoms with Crippen LogP contribution in [0.15, 0.2) is 21.1 Å². The molecule has 1 aliphatic rings. The number of carboxylic acids is 1. The number of amides is 1. The molecule has 1 aliphatic heterocycles. The van der Waals surface area contributed by atoms with Crippen molar-refractivity contribution in [2.75, 3.05) is 11.9 Å². The van der Waals surface area contributed by atoms with Crippen LogP contribution in [0, 0.1) is 0 Å². The van der Waals surface area contributed by atoms with Crippen LogP contribution in [0.2, 0.25) is 0 Å². The third kappa shape index (κ3) is 3.38. The van der Waals surface area contributed by atoms with E-state index in [2.05, 4.69) is 42.5 Å². The quantitative estimate of drug-likeness (QED) is 0.609. The third-order valence-corrected chi connectivity index (χ3v) is 4.04. The Morgan fingerprint density at radius 1 is 1.35 bits per heavy atom. The van der Waals surface area contributed by atoms with Crippen molar-refractivity contribution in [3.8, 4) is 0 Å². The van der Waals surface area contributed by atoms with Gasteiger partial charge in [0.05, 0.1) is 23.4 Å². The van der Waals surface area contributed by atoms with Crippen molar-refractivity contribution < 1.29 is 19.8 Å². The molecule has 1 aromatic carbocycles. The van der Waals surface area contributed by atoms with E-state index >= 15 is 0 Å². The fraction of sp³-hybridized carbons (Fsp3) is 0.333. The zero-order valence-corrected chi connectivity index (χ0v) is 13.4. The van der Waals surface area contributed by atoms with Crippen LogP contribution in [0.1, 0.15) is 16.8 Å². The first-order valence-corrected chi connectivity index (χ1v) is 7.41. The monoisotopic (exact) mass is 406 g/mol. The molecular formula is C12H12Br2N2O4. The zero-order chi connectivity index (χ0) is 14.9. The van der Waals surface area contributed by atoms with Crippen molar-refractivity contribution in [2.45, 2.75) is 18.6 Å². The topological polar surface area (TPSA) is 98.7 Å². The van der Waals surface area contributed by atoms with E-state index in [1.54, 1.807) is 6.07 Å². The second-order valence-electron chi connectivity index (χ2n) is 4.45. The number of aliphatic hydroxyl groups excluding tert-OH is 1. The van der Waals surface area contributed by atoms with Crippen molar-refractivity contribution in [1.29, 1.82) is 0 Å². The summed E-state index contributed by atoms with van der Waals surface area (Å²) < 4.78 is 1.06. The Bertz CT molecular complexity index is 565. The molecule has 2 atom stereocenters. The summed E-state index contributed by atoms with van der Waals surface area (Å²) in [6.07, 6.45) is -0.249. The molecule has 2 unspecified atom stereocenters. The highest BCUT2D eigenvalue weighted by Crippen LogP contribution is 2.31. The summed E-state index contributed by atoms with van der Waals surface area (Å²) in [6.45, 7) is 0.353. The van der Waals surface area contributed by atoms with E-state index in [1.165, 1.54) is 6.07 Å². The molecule has 8 heteroatoms. The first-order chi connectivity index (χ1) is 9.38. The van der Waals surface area contributed by atoms with Gasteiger partial charge in [0.15, 0.2) is 0 Å². The van der Waals surface area contributed by atoms with E-state index in [9.17, 15) is 19.8 Å². The molecule has 0 aromatic heterocycles. The average Bonchev–Trinajstić information content (AvgIpc) is 2.78. The Balaban J connectivity index is 2.24. The minimum atomic E-state index is -1.14. The van der Waals surface area contributed by atoms with Crippen molar-refractivity contribution >= 4 is 49.4 Å². The number of carbonyl (C=O) groups is 2. The smallest absolute Gasteiger partial charge is 0.337 e. The molecule has 1 fully saturated rings. The number of hydrogen-bond acceptors (Lipinski definition) is 4. The fourth-order valence-electron chi connectivity index (χ4n) is 2.00. The van der Waals surface area contributed by atoms with Crippen molar-refractivity contribution in [2.24, 2.45) is 0 Å². The van der Waals surface area contributed by atoms with E-state index in [4.69, 9.17) is 0 Å². The second-order valence-corrected chi connectivity index (χ2v) is 6.22. The highest BCUT2D eigenvalue weighted by molar-refractivity contribution is 9.11. The van der Waals surface area contributed by atoms with Gasteiger partial charge in [0.25, 0.3) is 0 Å². The second kappa shape index (κ2) is 6.21. The number of rotatable bonds is 3. The Morgan fingerprint density at radius 2 is 2.05 bits per heavy atom. The summed E-state index contributed by atoms with van der Waals surface area (Å²) in [5.74, 6) is -1.51. The van der Waals surface area contributed by atoms with Crippen LogP contribution in [-0.4, -0.2) is 40.8 Å². The summed E-state index contributed by atoms with van der Waals surface area (Å²) >= 11 is 6.44. The van der Waals surface area contributed by atoms with Crippen LogP contribution in [0.4, 0.5) is 5.69 Å². The molecule has 1 aromatic rings. The van der Waals surface area contributed by atoms with Gasteiger partial charge in [-0.3, -0.25) is 4.79 Å². The van der Waals surface area contributed by atoms with Crippen LogP contribution >= 0.6 is 31.9 Å². The standard InChI is InChI=1S/C12H12Br2N2O4/c13-5-1-7(12(19)20)10(8(14)2-5)16-11(18)9-3-6(17)4-15-9/h1-2,6,9,15,17H,3-4H2,(H,16,18)(H,19,20).